The quantitative estimate of drug-likeness (QED) is 0.593. The largest absolute Gasteiger partial charge is 0.355 e. The number of nitrogens with zero attached hydrogens (tertiary/aromatic N) is 1. The topological polar surface area (TPSA) is 55.1 Å². The second-order valence-electron chi connectivity index (χ2n) is 6.15. The van der Waals surface area contributed by atoms with Gasteiger partial charge in [-0.25, -0.2) is 0 Å². The molecule has 1 heterocycles. The summed E-state index contributed by atoms with van der Waals surface area (Å²) in [6.07, 6.45) is 2.94. The molecule has 0 saturated heterocycles. The van der Waals surface area contributed by atoms with E-state index in [0.717, 1.165) is 19.3 Å². The van der Waals surface area contributed by atoms with E-state index in [9.17, 15) is 4.79 Å². The van der Waals surface area contributed by atoms with Gasteiger partial charge in [-0.15, -0.1) is 0 Å². The molecule has 5 heteroatoms. The lowest BCUT2D eigenvalue weighted by atomic mass is 10.1. The molecule has 0 unspecified atom stereocenters. The van der Waals surface area contributed by atoms with E-state index in [4.69, 9.17) is 16.1 Å². The Morgan fingerprint density at radius 3 is 2.58 bits per heavy atom. The highest BCUT2D eigenvalue weighted by Crippen LogP contribution is 2.31. The van der Waals surface area contributed by atoms with Gasteiger partial charge in [0.15, 0.2) is 5.76 Å². The highest BCUT2D eigenvalue weighted by atomic mass is 35.5. The van der Waals surface area contributed by atoms with Crippen LogP contribution in [0.25, 0.3) is 11.3 Å². The van der Waals surface area contributed by atoms with Crippen LogP contribution in [-0.4, -0.2) is 17.6 Å². The monoisotopic (exact) mass is 368 g/mol. The number of hydrogen-bond acceptors (Lipinski definition) is 3. The summed E-state index contributed by atoms with van der Waals surface area (Å²) in [6.45, 7) is 2.37. The van der Waals surface area contributed by atoms with Crippen LogP contribution in [-0.2, 0) is 6.42 Å². The van der Waals surface area contributed by atoms with Crippen LogP contribution in [0.1, 0.15) is 34.5 Å². The summed E-state index contributed by atoms with van der Waals surface area (Å²) >= 11 is 6.23. The first kappa shape index (κ1) is 18.2. The molecule has 4 nitrogen and oxygen atoms in total. The second kappa shape index (κ2) is 8.68. The third-order valence-corrected chi connectivity index (χ3v) is 4.56. The van der Waals surface area contributed by atoms with E-state index in [-0.39, 0.29) is 5.91 Å². The van der Waals surface area contributed by atoms with Gasteiger partial charge in [0.05, 0.1) is 10.7 Å². The molecule has 1 N–H and O–H groups in total. The minimum atomic E-state index is -0.182. The molecule has 0 aliphatic rings. The molecule has 0 radical (unpaired) electrons. The first-order valence-electron chi connectivity index (χ1n) is 8.70. The number of benzene rings is 2. The number of carbonyl (C=O) groups is 1. The van der Waals surface area contributed by atoms with Crippen molar-refractivity contribution in [2.45, 2.75) is 26.2 Å². The summed E-state index contributed by atoms with van der Waals surface area (Å²) in [6, 6.07) is 17.6. The van der Waals surface area contributed by atoms with Gasteiger partial charge in [-0.3, -0.25) is 4.79 Å². The van der Waals surface area contributed by atoms with Crippen molar-refractivity contribution in [3.05, 3.63) is 76.4 Å². The second-order valence-corrected chi connectivity index (χ2v) is 6.56. The molecule has 3 aromatic rings. The first-order chi connectivity index (χ1) is 12.7. The number of unbranched alkanes of at least 4 members (excludes halogenated alkanes) is 1. The Kier molecular flexibility index (Phi) is 6.08. The van der Waals surface area contributed by atoms with Gasteiger partial charge in [0.1, 0.15) is 5.56 Å². The molecule has 0 aliphatic heterocycles. The average molecular weight is 369 g/mol. The van der Waals surface area contributed by atoms with Gasteiger partial charge in [0, 0.05) is 12.1 Å². The van der Waals surface area contributed by atoms with Gasteiger partial charge < -0.3 is 9.84 Å². The number of aromatic nitrogens is 1. The van der Waals surface area contributed by atoms with Crippen molar-refractivity contribution in [1.29, 1.82) is 0 Å². The van der Waals surface area contributed by atoms with Gasteiger partial charge in [-0.1, -0.05) is 59.2 Å². The Hall–Kier alpha value is -2.59. The van der Waals surface area contributed by atoms with Crippen LogP contribution >= 0.6 is 11.6 Å². The van der Waals surface area contributed by atoms with E-state index in [1.54, 1.807) is 13.0 Å². The van der Waals surface area contributed by atoms with Crippen molar-refractivity contribution in [2.24, 2.45) is 0 Å². The third-order valence-electron chi connectivity index (χ3n) is 4.23. The number of aryl methyl sites for hydroxylation is 2. The van der Waals surface area contributed by atoms with E-state index in [0.29, 0.717) is 34.1 Å². The van der Waals surface area contributed by atoms with Crippen molar-refractivity contribution in [2.75, 3.05) is 6.54 Å². The summed E-state index contributed by atoms with van der Waals surface area (Å²) in [5.74, 6) is 0.230. The lowest BCUT2D eigenvalue weighted by molar-refractivity contribution is 0.0952. The van der Waals surface area contributed by atoms with E-state index in [1.807, 2.05) is 36.4 Å². The fourth-order valence-corrected chi connectivity index (χ4v) is 3.08. The number of rotatable bonds is 7. The van der Waals surface area contributed by atoms with E-state index in [1.165, 1.54) is 5.56 Å². The van der Waals surface area contributed by atoms with E-state index in [2.05, 4.69) is 22.6 Å². The minimum absolute atomic E-state index is 0.182. The molecule has 0 aliphatic carbocycles. The highest BCUT2D eigenvalue weighted by Gasteiger charge is 2.22. The number of halogens is 1. The molecule has 3 rings (SSSR count). The maximum atomic E-state index is 12.6. The maximum Gasteiger partial charge on any atom is 0.257 e. The standard InChI is InChI=1S/C21H21ClN2O2/c1-15-19(20(26-24-15)17-12-5-6-13-18(17)22)21(25)23-14-8-7-11-16-9-3-2-4-10-16/h2-6,9-10,12-13H,7-8,11,14H2,1H3,(H,23,25). The lowest BCUT2D eigenvalue weighted by Gasteiger charge is -2.07. The van der Waals surface area contributed by atoms with Gasteiger partial charge in [-0.05, 0) is 43.9 Å². The Morgan fingerprint density at radius 2 is 1.81 bits per heavy atom. The average Bonchev–Trinajstić information content (AvgIpc) is 3.04. The predicted molar refractivity (Wildman–Crippen MR) is 103 cm³/mol. The van der Waals surface area contributed by atoms with Crippen molar-refractivity contribution < 1.29 is 9.32 Å². The molecule has 1 aromatic heterocycles. The SMILES string of the molecule is Cc1noc(-c2ccccc2Cl)c1C(=O)NCCCCc1ccccc1. The van der Waals surface area contributed by atoms with E-state index < -0.39 is 0 Å². The van der Waals surface area contributed by atoms with E-state index >= 15 is 0 Å². The summed E-state index contributed by atoms with van der Waals surface area (Å²) in [7, 11) is 0. The minimum Gasteiger partial charge on any atom is -0.355 e. The van der Waals surface area contributed by atoms with Gasteiger partial charge in [-0.2, -0.15) is 0 Å². The van der Waals surface area contributed by atoms with Crippen molar-refractivity contribution in [3.8, 4) is 11.3 Å². The molecule has 1 amide bonds. The molecule has 0 bridgehead atoms. The lowest BCUT2D eigenvalue weighted by Crippen LogP contribution is -2.25. The maximum absolute atomic E-state index is 12.6. The van der Waals surface area contributed by atoms with Crippen LogP contribution in [0.4, 0.5) is 0 Å². The van der Waals surface area contributed by atoms with Crippen LogP contribution in [0.2, 0.25) is 5.02 Å². The van der Waals surface area contributed by atoms with Crippen LogP contribution in [0.3, 0.4) is 0 Å². The van der Waals surface area contributed by atoms with Crippen LogP contribution in [0.15, 0.2) is 59.1 Å². The fraction of sp³-hybridized carbons (Fsp3) is 0.238. The van der Waals surface area contributed by atoms with Crippen LogP contribution in [0, 0.1) is 6.92 Å². The summed E-state index contributed by atoms with van der Waals surface area (Å²) in [5, 5.41) is 7.43. The Bertz CT molecular complexity index is 875. The summed E-state index contributed by atoms with van der Waals surface area (Å²) in [4.78, 5) is 12.6. The Labute approximate surface area is 158 Å². The zero-order chi connectivity index (χ0) is 18.4. The van der Waals surface area contributed by atoms with Crippen LogP contribution < -0.4 is 5.32 Å². The third kappa shape index (κ3) is 4.33. The number of amides is 1. The summed E-state index contributed by atoms with van der Waals surface area (Å²) < 4.78 is 5.37. The first-order valence-corrected chi connectivity index (χ1v) is 9.08. The Balaban J connectivity index is 1.58. The molecule has 0 spiro atoms. The zero-order valence-electron chi connectivity index (χ0n) is 14.7. The molecule has 0 fully saturated rings. The fourth-order valence-electron chi connectivity index (χ4n) is 2.86. The highest BCUT2D eigenvalue weighted by molar-refractivity contribution is 6.33. The number of nitrogens with one attached hydrogen (secondary N) is 1. The van der Waals surface area contributed by atoms with Gasteiger partial charge in [0.25, 0.3) is 5.91 Å². The zero-order valence-corrected chi connectivity index (χ0v) is 15.4. The molecule has 0 atom stereocenters. The van der Waals surface area contributed by atoms with Crippen LogP contribution in [0.5, 0.6) is 0 Å². The van der Waals surface area contributed by atoms with Gasteiger partial charge >= 0.3 is 0 Å². The molecule has 0 saturated carbocycles. The molecule has 134 valence electrons. The van der Waals surface area contributed by atoms with Crippen molar-refractivity contribution >= 4 is 17.5 Å². The number of carbonyl (C=O) groups excluding carboxylic acids is 1. The smallest absolute Gasteiger partial charge is 0.257 e. The molecule has 26 heavy (non-hydrogen) atoms. The van der Waals surface area contributed by atoms with Crippen molar-refractivity contribution in [3.63, 3.8) is 0 Å². The number of hydrogen-bond donors (Lipinski definition) is 1. The molecular weight excluding hydrogens is 348 g/mol. The van der Waals surface area contributed by atoms with Gasteiger partial charge in [0.2, 0.25) is 0 Å². The normalized spacial score (nSPS) is 10.7. The molecule has 2 aromatic carbocycles. The van der Waals surface area contributed by atoms with Crippen molar-refractivity contribution in [1.82, 2.24) is 10.5 Å². The Morgan fingerprint density at radius 1 is 1.08 bits per heavy atom. The predicted octanol–water partition coefficient (Wildman–Crippen LogP) is 5.06. The molecular formula is C21H21ClN2O2. The summed E-state index contributed by atoms with van der Waals surface area (Å²) in [5.41, 5.74) is 2.99.